The van der Waals surface area contributed by atoms with Gasteiger partial charge >= 0.3 is 0 Å². The van der Waals surface area contributed by atoms with Crippen molar-refractivity contribution in [2.24, 2.45) is 0 Å². The number of hydrogen-bond donors (Lipinski definition) is 1. The van der Waals surface area contributed by atoms with Crippen molar-refractivity contribution in [3.63, 3.8) is 0 Å². The molecular weight excluding hydrogens is 332 g/mol. The van der Waals surface area contributed by atoms with Crippen LogP contribution in [0.5, 0.6) is 0 Å². The molecule has 0 heterocycles. The Balaban J connectivity index is 4.90. The highest BCUT2D eigenvalue weighted by Gasteiger charge is 2.24. The van der Waals surface area contributed by atoms with Gasteiger partial charge in [-0.25, -0.2) is 0 Å². The average molecular weight is 370 g/mol. The van der Waals surface area contributed by atoms with E-state index in [1.807, 2.05) is 0 Å². The van der Waals surface area contributed by atoms with Gasteiger partial charge in [-0.15, -0.1) is 0 Å². The summed E-state index contributed by atoms with van der Waals surface area (Å²) in [5.41, 5.74) is 0. The van der Waals surface area contributed by atoms with E-state index in [1.165, 1.54) is 76.0 Å². The molecule has 1 N–H and O–H groups in total. The van der Waals surface area contributed by atoms with Gasteiger partial charge in [-0.1, -0.05) is 77.0 Å². The van der Waals surface area contributed by atoms with E-state index in [2.05, 4.69) is 32.6 Å². The monoisotopic (exact) mass is 369 g/mol. The van der Waals surface area contributed by atoms with E-state index in [9.17, 15) is 0 Å². The molecule has 0 bridgehead atoms. The van der Waals surface area contributed by atoms with E-state index in [-0.39, 0.29) is 0 Å². The SMILES string of the molecule is CCCCP(=S)(CCCC)NP(=S)(CCCC)CCCC. The van der Waals surface area contributed by atoms with E-state index in [4.69, 9.17) is 23.6 Å². The Morgan fingerprint density at radius 3 is 1.00 bits per heavy atom. The predicted molar refractivity (Wildman–Crippen MR) is 111 cm³/mol. The summed E-state index contributed by atoms with van der Waals surface area (Å²) in [4.78, 5) is 4.00. The van der Waals surface area contributed by atoms with Gasteiger partial charge in [0.05, 0.1) is 0 Å². The fourth-order valence-corrected chi connectivity index (χ4v) is 15.2. The number of rotatable bonds is 14. The first kappa shape index (κ1) is 22.3. The molecule has 1 nitrogen and oxygen atoms in total. The molecule has 0 aromatic carbocycles. The largest absolute Gasteiger partial charge is 0.259 e. The minimum Gasteiger partial charge on any atom is -0.259 e. The standard InChI is InChI=1S/C16H37NP2S2/c1-5-9-13-18(20,14-10-6-2)17-19(21,15-11-7-3)16-12-8-4/h5-16H2,1-4H3,(H,17,20,21). The van der Waals surface area contributed by atoms with Gasteiger partial charge < -0.3 is 0 Å². The molecule has 0 atom stereocenters. The highest BCUT2D eigenvalue weighted by molar-refractivity contribution is 8.22. The van der Waals surface area contributed by atoms with Crippen LogP contribution in [0, 0.1) is 0 Å². The molecule has 5 heteroatoms. The second kappa shape index (κ2) is 12.7. The lowest BCUT2D eigenvalue weighted by atomic mass is 10.4. The molecule has 0 rings (SSSR count). The molecule has 0 aromatic heterocycles. The molecule has 0 saturated heterocycles. The molecular formula is C16H37NP2S2. The summed E-state index contributed by atoms with van der Waals surface area (Å²) in [6, 6.07) is 0. The Morgan fingerprint density at radius 2 is 0.810 bits per heavy atom. The van der Waals surface area contributed by atoms with Gasteiger partial charge in [0.2, 0.25) is 0 Å². The molecule has 0 fully saturated rings. The van der Waals surface area contributed by atoms with Crippen LogP contribution in [0.1, 0.15) is 79.1 Å². The van der Waals surface area contributed by atoms with Crippen molar-refractivity contribution in [2.75, 3.05) is 24.6 Å². The Labute approximate surface area is 144 Å². The van der Waals surface area contributed by atoms with Crippen LogP contribution in [0.25, 0.3) is 0 Å². The first-order valence-electron chi connectivity index (χ1n) is 8.91. The number of nitrogens with one attached hydrogen (secondary N) is 1. The lowest BCUT2D eigenvalue weighted by molar-refractivity contribution is 0.855. The molecule has 21 heavy (non-hydrogen) atoms. The molecule has 0 aliphatic rings. The van der Waals surface area contributed by atoms with Gasteiger partial charge in [-0.05, 0) is 50.3 Å². The molecule has 0 radical (unpaired) electrons. The van der Waals surface area contributed by atoms with Crippen molar-refractivity contribution in [1.82, 2.24) is 4.86 Å². The third-order valence-corrected chi connectivity index (χ3v) is 14.6. The fraction of sp³-hybridized carbons (Fsp3) is 1.00. The smallest absolute Gasteiger partial charge is 0.0164 e. The first-order chi connectivity index (χ1) is 9.95. The van der Waals surface area contributed by atoms with Crippen LogP contribution in [0.3, 0.4) is 0 Å². The highest BCUT2D eigenvalue weighted by atomic mass is 32.5. The lowest BCUT2D eigenvalue weighted by Crippen LogP contribution is -2.17. The maximum absolute atomic E-state index is 6.14. The van der Waals surface area contributed by atoms with Crippen molar-refractivity contribution in [3.8, 4) is 0 Å². The molecule has 0 aromatic rings. The normalized spacial score (nSPS) is 12.8. The Bertz CT molecular complexity index is 289. The zero-order valence-corrected chi connectivity index (χ0v) is 18.1. The minimum absolute atomic E-state index is 1.22. The third-order valence-electron chi connectivity index (χ3n) is 3.86. The van der Waals surface area contributed by atoms with Crippen LogP contribution in [0.2, 0.25) is 0 Å². The third kappa shape index (κ3) is 10.6. The summed E-state index contributed by atoms with van der Waals surface area (Å²) < 4.78 is 0. The van der Waals surface area contributed by atoms with Crippen molar-refractivity contribution >= 4 is 36.0 Å². The summed E-state index contributed by atoms with van der Waals surface area (Å²) in [5.74, 6) is 0. The number of hydrogen-bond acceptors (Lipinski definition) is 2. The summed E-state index contributed by atoms with van der Waals surface area (Å²) >= 11 is 12.3. The van der Waals surface area contributed by atoms with Crippen molar-refractivity contribution in [1.29, 1.82) is 0 Å². The fourth-order valence-electron chi connectivity index (χ4n) is 2.41. The van der Waals surface area contributed by atoms with Crippen LogP contribution < -0.4 is 4.86 Å². The molecule has 128 valence electrons. The maximum atomic E-state index is 6.14. The first-order valence-corrected chi connectivity index (χ1v) is 15.3. The van der Waals surface area contributed by atoms with Crippen molar-refractivity contribution in [3.05, 3.63) is 0 Å². The predicted octanol–water partition coefficient (Wildman–Crippen LogP) is 6.57. The zero-order valence-electron chi connectivity index (χ0n) is 14.7. The van der Waals surface area contributed by atoms with Crippen molar-refractivity contribution in [2.45, 2.75) is 79.1 Å². The quantitative estimate of drug-likeness (QED) is 0.348. The molecule has 0 spiro atoms. The van der Waals surface area contributed by atoms with E-state index < -0.39 is 12.4 Å². The second-order valence-electron chi connectivity index (χ2n) is 6.19. The van der Waals surface area contributed by atoms with E-state index in [0.29, 0.717) is 0 Å². The summed E-state index contributed by atoms with van der Waals surface area (Å²) in [7, 11) is 0. The van der Waals surface area contributed by atoms with Crippen LogP contribution in [0.15, 0.2) is 0 Å². The van der Waals surface area contributed by atoms with Gasteiger partial charge in [0.1, 0.15) is 0 Å². The molecule has 0 unspecified atom stereocenters. The van der Waals surface area contributed by atoms with Crippen LogP contribution >= 0.6 is 12.4 Å². The summed E-state index contributed by atoms with van der Waals surface area (Å²) in [6.45, 7) is 9.07. The maximum Gasteiger partial charge on any atom is 0.0164 e. The van der Waals surface area contributed by atoms with E-state index in [0.717, 1.165) is 0 Å². The second-order valence-corrected chi connectivity index (χ2v) is 16.5. The molecule has 0 amide bonds. The number of unbranched alkanes of at least 4 members (excludes halogenated alkanes) is 4. The zero-order chi connectivity index (χ0) is 16.2. The highest BCUT2D eigenvalue weighted by Crippen LogP contribution is 2.57. The summed E-state index contributed by atoms with van der Waals surface area (Å²) in [5, 5.41) is 0. The van der Waals surface area contributed by atoms with Crippen LogP contribution in [-0.2, 0) is 23.6 Å². The Kier molecular flexibility index (Phi) is 13.4. The molecule has 0 aliphatic carbocycles. The van der Waals surface area contributed by atoms with Gasteiger partial charge in [0.25, 0.3) is 0 Å². The Hall–Kier alpha value is 1.26. The van der Waals surface area contributed by atoms with Gasteiger partial charge in [-0.2, -0.15) is 0 Å². The molecule has 0 saturated carbocycles. The van der Waals surface area contributed by atoms with Crippen LogP contribution in [0.4, 0.5) is 0 Å². The average Bonchev–Trinajstić information content (AvgIpc) is 2.47. The Morgan fingerprint density at radius 1 is 0.571 bits per heavy atom. The van der Waals surface area contributed by atoms with Crippen molar-refractivity contribution < 1.29 is 0 Å². The summed E-state index contributed by atoms with van der Waals surface area (Å²) in [6.07, 6.45) is 12.1. The minimum atomic E-state index is -1.43. The van der Waals surface area contributed by atoms with Gasteiger partial charge in [0.15, 0.2) is 0 Å². The lowest BCUT2D eigenvalue weighted by Gasteiger charge is -2.32. The van der Waals surface area contributed by atoms with Gasteiger partial charge in [-0.3, -0.25) is 4.86 Å². The van der Waals surface area contributed by atoms with E-state index >= 15 is 0 Å². The van der Waals surface area contributed by atoms with Gasteiger partial charge in [0, 0.05) is 12.4 Å². The van der Waals surface area contributed by atoms with Crippen LogP contribution in [-0.4, -0.2) is 24.6 Å². The molecule has 0 aliphatic heterocycles. The van der Waals surface area contributed by atoms with E-state index in [1.54, 1.807) is 0 Å². The topological polar surface area (TPSA) is 12.0 Å².